The molecule has 0 amide bonds. The largest absolute Gasteiger partial charge is 0.487 e. The van der Waals surface area contributed by atoms with Gasteiger partial charge >= 0.3 is 7.12 Å². The number of thiophene rings is 1. The van der Waals surface area contributed by atoms with Crippen molar-refractivity contribution in [3.63, 3.8) is 0 Å². The number of hydrogen-bond donors (Lipinski definition) is 0. The summed E-state index contributed by atoms with van der Waals surface area (Å²) in [5, 5.41) is 5.51. The van der Waals surface area contributed by atoms with Crippen LogP contribution in [0, 0.1) is 0 Å². The van der Waals surface area contributed by atoms with Crippen LogP contribution >= 0.6 is 11.3 Å². The van der Waals surface area contributed by atoms with Gasteiger partial charge in [0.15, 0.2) is 0 Å². The van der Waals surface area contributed by atoms with Gasteiger partial charge in [0.05, 0.1) is 16.9 Å². The van der Waals surface area contributed by atoms with E-state index in [2.05, 4.69) is 10.0 Å². The number of rotatable bonds is 3. The zero-order chi connectivity index (χ0) is 14.1. The van der Waals surface area contributed by atoms with Crippen LogP contribution in [0.1, 0.15) is 32.6 Å². The van der Waals surface area contributed by atoms with Crippen molar-refractivity contribution in [3.8, 4) is 0 Å². The topological polar surface area (TPSA) is 67.2 Å². The Morgan fingerprint density at radius 2 is 1.95 bits per heavy atom. The molecule has 1 saturated heterocycles. The first kappa shape index (κ1) is 14.2. The summed E-state index contributed by atoms with van der Waals surface area (Å²) in [7, 11) is -0.383. The van der Waals surface area contributed by atoms with Crippen LogP contribution < -0.4 is 0 Å². The van der Waals surface area contributed by atoms with Gasteiger partial charge in [-0.15, -0.1) is 11.3 Å². The molecule has 7 heteroatoms. The van der Waals surface area contributed by atoms with Crippen LogP contribution in [0.15, 0.2) is 22.5 Å². The monoisotopic (exact) mass is 277 g/mol. The standard InChI is InChI=1S/C12H16BN3O2S/c1-11(2)12(3,4)18-13(17-11)7-5-10-9(15-16-14)6-8-19-10/h5-8H,1-4H3/b7-5+. The van der Waals surface area contributed by atoms with Gasteiger partial charge in [-0.2, -0.15) is 0 Å². The summed E-state index contributed by atoms with van der Waals surface area (Å²) in [5.74, 6) is 1.85. The first-order valence-corrected chi connectivity index (χ1v) is 6.90. The molecular weight excluding hydrogens is 261 g/mol. The highest BCUT2D eigenvalue weighted by Crippen LogP contribution is 2.37. The minimum atomic E-state index is -0.383. The third-order valence-electron chi connectivity index (χ3n) is 3.50. The SMILES string of the molecule is CC1(C)OB(/C=C/c2sccc2N=[N+]=[N-])OC1(C)C. The fourth-order valence-corrected chi connectivity index (χ4v) is 2.43. The van der Waals surface area contributed by atoms with E-state index in [4.69, 9.17) is 14.8 Å². The van der Waals surface area contributed by atoms with Crippen molar-refractivity contribution in [1.82, 2.24) is 0 Å². The molecule has 1 aliphatic rings. The van der Waals surface area contributed by atoms with E-state index in [1.807, 2.05) is 45.1 Å². The molecule has 0 spiro atoms. The second-order valence-corrected chi connectivity index (χ2v) is 6.29. The molecule has 1 aromatic heterocycles. The van der Waals surface area contributed by atoms with E-state index in [1.165, 1.54) is 11.3 Å². The molecule has 1 aromatic rings. The van der Waals surface area contributed by atoms with Gasteiger partial charge < -0.3 is 9.31 Å². The molecule has 19 heavy (non-hydrogen) atoms. The van der Waals surface area contributed by atoms with Crippen molar-refractivity contribution in [1.29, 1.82) is 0 Å². The molecule has 0 atom stereocenters. The van der Waals surface area contributed by atoms with E-state index in [0.717, 1.165) is 4.88 Å². The average Bonchev–Trinajstić information content (AvgIpc) is 2.80. The molecule has 0 bridgehead atoms. The normalized spacial score (nSPS) is 20.7. The number of nitrogens with zero attached hydrogens (tertiary/aromatic N) is 3. The molecule has 5 nitrogen and oxygen atoms in total. The highest BCUT2D eigenvalue weighted by atomic mass is 32.1. The smallest absolute Gasteiger partial charge is 0.400 e. The van der Waals surface area contributed by atoms with Gasteiger partial charge in [0.25, 0.3) is 0 Å². The maximum Gasteiger partial charge on any atom is 0.487 e. The van der Waals surface area contributed by atoms with Gasteiger partial charge in [-0.05, 0) is 44.7 Å². The molecule has 100 valence electrons. The Balaban J connectivity index is 2.13. The van der Waals surface area contributed by atoms with E-state index in [0.29, 0.717) is 5.69 Å². The third-order valence-corrected chi connectivity index (χ3v) is 4.37. The number of azide groups is 1. The van der Waals surface area contributed by atoms with Crippen LogP contribution in [0.2, 0.25) is 0 Å². The van der Waals surface area contributed by atoms with Crippen LogP contribution in [0.4, 0.5) is 5.69 Å². The van der Waals surface area contributed by atoms with Crippen LogP contribution in [-0.4, -0.2) is 18.3 Å². The van der Waals surface area contributed by atoms with Crippen molar-refractivity contribution in [3.05, 3.63) is 32.7 Å². The van der Waals surface area contributed by atoms with Crippen LogP contribution in [0.3, 0.4) is 0 Å². The van der Waals surface area contributed by atoms with E-state index in [9.17, 15) is 0 Å². The minimum Gasteiger partial charge on any atom is -0.400 e. The predicted octanol–water partition coefficient (Wildman–Crippen LogP) is 4.33. The molecule has 0 aliphatic carbocycles. The first-order valence-electron chi connectivity index (χ1n) is 6.02. The van der Waals surface area contributed by atoms with E-state index in [1.54, 1.807) is 6.07 Å². The molecule has 2 rings (SSSR count). The highest BCUT2D eigenvalue weighted by molar-refractivity contribution is 7.11. The Labute approximate surface area is 117 Å². The maximum absolute atomic E-state index is 8.47. The Hall–Kier alpha value is -1.27. The second kappa shape index (κ2) is 5.02. The van der Waals surface area contributed by atoms with Gasteiger partial charge in [-0.3, -0.25) is 0 Å². The lowest BCUT2D eigenvalue weighted by Crippen LogP contribution is -2.41. The second-order valence-electron chi connectivity index (χ2n) is 5.34. The molecule has 2 heterocycles. The summed E-state index contributed by atoms with van der Waals surface area (Å²) in [4.78, 5) is 3.70. The Morgan fingerprint density at radius 3 is 2.53 bits per heavy atom. The number of hydrogen-bond acceptors (Lipinski definition) is 4. The van der Waals surface area contributed by atoms with Crippen molar-refractivity contribution in [2.75, 3.05) is 0 Å². The fraction of sp³-hybridized carbons (Fsp3) is 0.500. The summed E-state index contributed by atoms with van der Waals surface area (Å²) in [5.41, 5.74) is 8.41. The summed E-state index contributed by atoms with van der Waals surface area (Å²) >= 11 is 1.51. The van der Waals surface area contributed by atoms with Gasteiger partial charge in [-0.25, -0.2) is 0 Å². The van der Waals surface area contributed by atoms with Crippen molar-refractivity contribution < 1.29 is 9.31 Å². The van der Waals surface area contributed by atoms with Gasteiger partial charge in [-0.1, -0.05) is 17.2 Å². The zero-order valence-corrected chi connectivity index (χ0v) is 12.3. The van der Waals surface area contributed by atoms with Crippen LogP contribution in [0.25, 0.3) is 16.5 Å². The predicted molar refractivity (Wildman–Crippen MR) is 78.2 cm³/mol. The summed E-state index contributed by atoms with van der Waals surface area (Å²) in [6.45, 7) is 8.05. The quantitative estimate of drug-likeness (QED) is 0.357. The summed E-state index contributed by atoms with van der Waals surface area (Å²) in [6, 6.07) is 1.79. The molecule has 0 unspecified atom stereocenters. The molecule has 0 saturated carbocycles. The molecule has 1 aliphatic heterocycles. The third kappa shape index (κ3) is 2.85. The van der Waals surface area contributed by atoms with Gasteiger partial charge in [0, 0.05) is 9.79 Å². The molecule has 0 aromatic carbocycles. The van der Waals surface area contributed by atoms with Crippen molar-refractivity contribution in [2.24, 2.45) is 5.11 Å². The molecule has 0 radical (unpaired) electrons. The highest BCUT2D eigenvalue weighted by Gasteiger charge is 2.49. The molecular formula is C12H16BN3O2S. The minimum absolute atomic E-state index is 0.342. The first-order chi connectivity index (χ1) is 8.86. The van der Waals surface area contributed by atoms with E-state index in [-0.39, 0.29) is 18.3 Å². The summed E-state index contributed by atoms with van der Waals surface area (Å²) < 4.78 is 11.7. The van der Waals surface area contributed by atoms with Crippen molar-refractivity contribution in [2.45, 2.75) is 38.9 Å². The average molecular weight is 277 g/mol. The van der Waals surface area contributed by atoms with Gasteiger partial charge in [0.2, 0.25) is 0 Å². The van der Waals surface area contributed by atoms with Crippen LogP contribution in [-0.2, 0) is 9.31 Å². The Morgan fingerprint density at radius 1 is 1.32 bits per heavy atom. The van der Waals surface area contributed by atoms with E-state index >= 15 is 0 Å². The lowest BCUT2D eigenvalue weighted by atomic mass is 9.90. The van der Waals surface area contributed by atoms with Crippen molar-refractivity contribution >= 4 is 30.2 Å². The van der Waals surface area contributed by atoms with Gasteiger partial charge in [0.1, 0.15) is 0 Å². The zero-order valence-electron chi connectivity index (χ0n) is 11.5. The maximum atomic E-state index is 8.47. The molecule has 0 N–H and O–H groups in total. The summed E-state index contributed by atoms with van der Waals surface area (Å²) in [6.07, 6.45) is 1.87. The van der Waals surface area contributed by atoms with Crippen LogP contribution in [0.5, 0.6) is 0 Å². The Bertz CT molecular complexity index is 531. The Kier molecular flexibility index (Phi) is 3.74. The van der Waals surface area contributed by atoms with E-state index < -0.39 is 0 Å². The fourth-order valence-electron chi connectivity index (χ4n) is 1.70. The lowest BCUT2D eigenvalue weighted by Gasteiger charge is -2.32. The molecule has 1 fully saturated rings. The lowest BCUT2D eigenvalue weighted by molar-refractivity contribution is 0.00578.